The molecule has 0 atom stereocenters. The molecule has 0 aliphatic carbocycles. The highest BCUT2D eigenvalue weighted by Crippen LogP contribution is 2.26. The van der Waals surface area contributed by atoms with Crippen molar-refractivity contribution >= 4 is 28.4 Å². The summed E-state index contributed by atoms with van der Waals surface area (Å²) in [7, 11) is 0. The first-order valence-electron chi connectivity index (χ1n) is 6.05. The van der Waals surface area contributed by atoms with Gasteiger partial charge in [-0.15, -0.1) is 0 Å². The van der Waals surface area contributed by atoms with E-state index in [2.05, 4.69) is 0 Å². The molecule has 20 heavy (non-hydrogen) atoms. The summed E-state index contributed by atoms with van der Waals surface area (Å²) in [6.45, 7) is 1.83. The molecule has 0 spiro atoms. The van der Waals surface area contributed by atoms with Crippen molar-refractivity contribution < 1.29 is 13.6 Å². The van der Waals surface area contributed by atoms with Crippen molar-refractivity contribution in [3.8, 4) is 0 Å². The van der Waals surface area contributed by atoms with Crippen molar-refractivity contribution in [3.05, 3.63) is 70.2 Å². The molecule has 0 saturated carbocycles. The molecule has 1 heterocycles. The van der Waals surface area contributed by atoms with Gasteiger partial charge in [0, 0.05) is 10.9 Å². The lowest BCUT2D eigenvalue weighted by Crippen LogP contribution is -2.01. The Kier molecular flexibility index (Phi) is 3.07. The number of hydrogen-bond donors (Lipinski definition) is 0. The number of fused-ring (bicyclic) bond motifs is 1. The van der Waals surface area contributed by atoms with Crippen LogP contribution in [0.25, 0.3) is 11.0 Å². The second-order valence-electron chi connectivity index (χ2n) is 4.56. The van der Waals surface area contributed by atoms with Gasteiger partial charge in [0.1, 0.15) is 11.4 Å². The number of carbonyl (C=O) groups excluding carboxylic acids is 1. The second kappa shape index (κ2) is 4.76. The first-order chi connectivity index (χ1) is 9.56. The van der Waals surface area contributed by atoms with E-state index in [4.69, 9.17) is 16.0 Å². The molecule has 3 aromatic rings. The molecule has 0 aliphatic heterocycles. The van der Waals surface area contributed by atoms with Crippen molar-refractivity contribution in [2.75, 3.05) is 0 Å². The fraction of sp³-hybridized carbons (Fsp3) is 0.0625. The zero-order valence-electron chi connectivity index (χ0n) is 10.6. The number of rotatable bonds is 2. The average molecular weight is 289 g/mol. The van der Waals surface area contributed by atoms with Crippen molar-refractivity contribution in [1.29, 1.82) is 0 Å². The van der Waals surface area contributed by atoms with Crippen LogP contribution in [0.3, 0.4) is 0 Å². The van der Waals surface area contributed by atoms with Crippen LogP contribution >= 0.6 is 11.6 Å². The van der Waals surface area contributed by atoms with Crippen molar-refractivity contribution in [1.82, 2.24) is 0 Å². The summed E-state index contributed by atoms with van der Waals surface area (Å²) >= 11 is 6.14. The van der Waals surface area contributed by atoms with Crippen LogP contribution in [0.4, 0.5) is 4.39 Å². The van der Waals surface area contributed by atoms with Crippen LogP contribution in [-0.2, 0) is 0 Å². The minimum Gasteiger partial charge on any atom is -0.453 e. The predicted octanol–water partition coefficient (Wildman–Crippen LogP) is 4.76. The zero-order chi connectivity index (χ0) is 14.3. The Labute approximate surface area is 119 Å². The van der Waals surface area contributed by atoms with Crippen molar-refractivity contribution in [2.24, 2.45) is 0 Å². The van der Waals surface area contributed by atoms with Gasteiger partial charge in [-0.25, -0.2) is 4.39 Å². The fourth-order valence-corrected chi connectivity index (χ4v) is 2.29. The van der Waals surface area contributed by atoms with E-state index in [9.17, 15) is 9.18 Å². The SMILES string of the molecule is Cc1cccc(C(=O)c2cc3cc(F)ccc3o2)c1Cl. The molecule has 2 aromatic carbocycles. The van der Waals surface area contributed by atoms with Crippen LogP contribution in [0.1, 0.15) is 21.7 Å². The highest BCUT2D eigenvalue weighted by atomic mass is 35.5. The maximum Gasteiger partial charge on any atom is 0.229 e. The summed E-state index contributed by atoms with van der Waals surface area (Å²) in [5, 5.41) is 0.960. The molecule has 0 unspecified atom stereocenters. The van der Waals surface area contributed by atoms with Gasteiger partial charge in [-0.1, -0.05) is 23.7 Å². The summed E-state index contributed by atoms with van der Waals surface area (Å²) < 4.78 is 18.6. The Morgan fingerprint density at radius 2 is 2.00 bits per heavy atom. The lowest BCUT2D eigenvalue weighted by atomic mass is 10.1. The molecule has 0 N–H and O–H groups in total. The van der Waals surface area contributed by atoms with Gasteiger partial charge in [0.15, 0.2) is 5.76 Å². The van der Waals surface area contributed by atoms with Crippen LogP contribution in [0, 0.1) is 12.7 Å². The van der Waals surface area contributed by atoms with E-state index < -0.39 is 0 Å². The number of halogens is 2. The largest absolute Gasteiger partial charge is 0.453 e. The molecule has 2 nitrogen and oxygen atoms in total. The zero-order valence-corrected chi connectivity index (χ0v) is 11.4. The van der Waals surface area contributed by atoms with Gasteiger partial charge in [-0.05, 0) is 42.8 Å². The van der Waals surface area contributed by atoms with Crippen LogP contribution in [0.15, 0.2) is 46.9 Å². The Morgan fingerprint density at radius 1 is 1.20 bits per heavy atom. The number of carbonyl (C=O) groups is 1. The first kappa shape index (κ1) is 12.9. The van der Waals surface area contributed by atoms with Crippen LogP contribution < -0.4 is 0 Å². The number of furan rings is 1. The van der Waals surface area contributed by atoms with E-state index in [1.54, 1.807) is 12.1 Å². The van der Waals surface area contributed by atoms with E-state index in [1.165, 1.54) is 24.3 Å². The van der Waals surface area contributed by atoms with Gasteiger partial charge in [-0.3, -0.25) is 4.79 Å². The molecular weight excluding hydrogens is 279 g/mol. The molecule has 4 heteroatoms. The molecule has 0 amide bonds. The first-order valence-corrected chi connectivity index (χ1v) is 6.43. The van der Waals surface area contributed by atoms with Gasteiger partial charge >= 0.3 is 0 Å². The third-order valence-electron chi connectivity index (χ3n) is 3.14. The topological polar surface area (TPSA) is 30.2 Å². The minimum absolute atomic E-state index is 0.151. The van der Waals surface area contributed by atoms with Gasteiger partial charge in [0.2, 0.25) is 5.78 Å². The summed E-state index contributed by atoms with van der Waals surface area (Å²) in [6.07, 6.45) is 0. The lowest BCUT2D eigenvalue weighted by Gasteiger charge is -2.03. The lowest BCUT2D eigenvalue weighted by molar-refractivity contribution is 0.101. The quantitative estimate of drug-likeness (QED) is 0.636. The predicted molar refractivity (Wildman–Crippen MR) is 75.8 cm³/mol. The standard InChI is InChI=1S/C16H10ClFO2/c1-9-3-2-4-12(15(9)17)16(19)14-8-10-7-11(18)5-6-13(10)20-14/h2-8H,1H3. The molecule has 0 bridgehead atoms. The molecule has 3 rings (SSSR count). The Morgan fingerprint density at radius 3 is 2.80 bits per heavy atom. The summed E-state index contributed by atoms with van der Waals surface area (Å²) in [6, 6.07) is 10.9. The van der Waals surface area contributed by atoms with E-state index in [0.29, 0.717) is 21.6 Å². The number of hydrogen-bond acceptors (Lipinski definition) is 2. The second-order valence-corrected chi connectivity index (χ2v) is 4.94. The van der Waals surface area contributed by atoms with Crippen molar-refractivity contribution in [2.45, 2.75) is 6.92 Å². The van der Waals surface area contributed by atoms with Gasteiger partial charge in [0.25, 0.3) is 0 Å². The normalized spacial score (nSPS) is 10.9. The summed E-state index contributed by atoms with van der Waals surface area (Å²) in [5.74, 6) is -0.528. The van der Waals surface area contributed by atoms with E-state index >= 15 is 0 Å². The van der Waals surface area contributed by atoms with Gasteiger partial charge in [-0.2, -0.15) is 0 Å². The molecule has 1 aromatic heterocycles. The smallest absolute Gasteiger partial charge is 0.229 e. The maximum atomic E-state index is 13.1. The molecular formula is C16H10ClFO2. The third kappa shape index (κ3) is 2.10. The minimum atomic E-state index is -0.370. The fourth-order valence-electron chi connectivity index (χ4n) is 2.08. The number of ketones is 1. The van der Waals surface area contributed by atoms with Crippen LogP contribution in [0.5, 0.6) is 0 Å². The number of aryl methyl sites for hydroxylation is 1. The highest BCUT2D eigenvalue weighted by molar-refractivity contribution is 6.35. The van der Waals surface area contributed by atoms with E-state index in [1.807, 2.05) is 13.0 Å². The monoisotopic (exact) mass is 288 g/mol. The molecule has 0 fully saturated rings. The highest BCUT2D eigenvalue weighted by Gasteiger charge is 2.18. The van der Waals surface area contributed by atoms with Gasteiger partial charge < -0.3 is 4.42 Å². The summed E-state index contributed by atoms with van der Waals surface area (Å²) in [5.41, 5.74) is 1.67. The average Bonchev–Trinajstić information content (AvgIpc) is 2.84. The Hall–Kier alpha value is -2.13. The Balaban J connectivity index is 2.10. The number of benzene rings is 2. The molecule has 100 valence electrons. The molecule has 0 saturated heterocycles. The van der Waals surface area contributed by atoms with Crippen LogP contribution in [-0.4, -0.2) is 5.78 Å². The third-order valence-corrected chi connectivity index (χ3v) is 3.64. The van der Waals surface area contributed by atoms with E-state index in [0.717, 1.165) is 5.56 Å². The van der Waals surface area contributed by atoms with Crippen molar-refractivity contribution in [3.63, 3.8) is 0 Å². The Bertz CT molecular complexity index is 820. The molecule has 0 radical (unpaired) electrons. The van der Waals surface area contributed by atoms with Gasteiger partial charge in [0.05, 0.1) is 5.02 Å². The van der Waals surface area contributed by atoms with Crippen LogP contribution in [0.2, 0.25) is 5.02 Å². The van der Waals surface area contributed by atoms with E-state index in [-0.39, 0.29) is 17.4 Å². The summed E-state index contributed by atoms with van der Waals surface area (Å²) in [4.78, 5) is 12.4. The molecule has 0 aliphatic rings. The maximum absolute atomic E-state index is 13.1.